The summed E-state index contributed by atoms with van der Waals surface area (Å²) >= 11 is 0. The third-order valence-corrected chi connectivity index (χ3v) is 5.23. The first-order chi connectivity index (χ1) is 14.2. The third kappa shape index (κ3) is 6.54. The summed E-state index contributed by atoms with van der Waals surface area (Å²) in [7, 11) is 2.18. The number of alkyl carbamates (subject to hydrolysis) is 1. The summed E-state index contributed by atoms with van der Waals surface area (Å²) in [6.07, 6.45) is 1.44. The normalized spacial score (nSPS) is 16.8. The fourth-order valence-corrected chi connectivity index (χ4v) is 3.50. The lowest BCUT2D eigenvalue weighted by Crippen LogP contribution is -2.43. The molecule has 0 spiro atoms. The summed E-state index contributed by atoms with van der Waals surface area (Å²) in [6.45, 7) is 12.9. The van der Waals surface area contributed by atoms with Gasteiger partial charge in [0.15, 0.2) is 0 Å². The SMILES string of the molecule is C[C@H](NC(=O)OC(C)(C)C)c1ccc(-c2cccc(CN3CCN(C)CC3)c2)cn1. The Morgan fingerprint density at radius 2 is 1.87 bits per heavy atom. The maximum atomic E-state index is 12.0. The molecule has 1 aliphatic heterocycles. The van der Waals surface area contributed by atoms with Crippen molar-refractivity contribution in [1.82, 2.24) is 20.1 Å². The van der Waals surface area contributed by atoms with Crippen molar-refractivity contribution < 1.29 is 9.53 Å². The Labute approximate surface area is 180 Å². The molecular weight excluding hydrogens is 376 g/mol. The highest BCUT2D eigenvalue weighted by Crippen LogP contribution is 2.22. The summed E-state index contributed by atoms with van der Waals surface area (Å²) in [4.78, 5) is 21.4. The molecular formula is C24H34N4O2. The summed E-state index contributed by atoms with van der Waals surface area (Å²) in [5.41, 5.74) is 3.84. The molecule has 0 saturated carbocycles. The molecule has 6 nitrogen and oxygen atoms in total. The number of likely N-dealkylation sites (N-methyl/N-ethyl adjacent to an activating group) is 1. The van der Waals surface area contributed by atoms with Gasteiger partial charge in [0.1, 0.15) is 5.60 Å². The summed E-state index contributed by atoms with van der Waals surface area (Å²) in [5, 5.41) is 2.84. The zero-order chi connectivity index (χ0) is 21.7. The van der Waals surface area contributed by atoms with E-state index in [1.54, 1.807) is 0 Å². The number of amides is 1. The van der Waals surface area contributed by atoms with E-state index >= 15 is 0 Å². The largest absolute Gasteiger partial charge is 0.444 e. The Kier molecular flexibility index (Phi) is 7.10. The summed E-state index contributed by atoms with van der Waals surface area (Å²) in [6, 6.07) is 12.5. The molecule has 162 valence electrons. The predicted octanol–water partition coefficient (Wildman–Crippen LogP) is 4.08. The molecule has 2 heterocycles. The monoisotopic (exact) mass is 410 g/mol. The molecule has 0 radical (unpaired) electrons. The number of hydrogen-bond donors (Lipinski definition) is 1. The Hall–Kier alpha value is -2.44. The third-order valence-electron chi connectivity index (χ3n) is 5.23. The zero-order valence-electron chi connectivity index (χ0n) is 18.8. The molecule has 1 saturated heterocycles. The minimum absolute atomic E-state index is 0.225. The number of nitrogens with zero attached hydrogens (tertiary/aromatic N) is 3. The van der Waals surface area contributed by atoms with Crippen molar-refractivity contribution in [1.29, 1.82) is 0 Å². The molecule has 30 heavy (non-hydrogen) atoms. The Balaban J connectivity index is 1.62. The van der Waals surface area contributed by atoms with Gasteiger partial charge in [0.25, 0.3) is 0 Å². The van der Waals surface area contributed by atoms with Crippen LogP contribution in [0.2, 0.25) is 0 Å². The average Bonchev–Trinajstić information content (AvgIpc) is 2.68. The highest BCUT2D eigenvalue weighted by molar-refractivity contribution is 5.68. The van der Waals surface area contributed by atoms with Gasteiger partial charge in [-0.05, 0) is 58.0 Å². The van der Waals surface area contributed by atoms with Crippen molar-refractivity contribution in [3.63, 3.8) is 0 Å². The summed E-state index contributed by atoms with van der Waals surface area (Å²) < 4.78 is 5.32. The molecule has 1 amide bonds. The quantitative estimate of drug-likeness (QED) is 0.805. The van der Waals surface area contributed by atoms with Gasteiger partial charge in [-0.1, -0.05) is 24.3 Å². The van der Waals surface area contributed by atoms with E-state index in [2.05, 4.69) is 57.5 Å². The Bertz CT molecular complexity index is 837. The zero-order valence-corrected chi connectivity index (χ0v) is 18.8. The molecule has 1 atom stereocenters. The second kappa shape index (κ2) is 9.58. The van der Waals surface area contributed by atoms with E-state index in [1.165, 1.54) is 5.56 Å². The lowest BCUT2D eigenvalue weighted by atomic mass is 10.0. The van der Waals surface area contributed by atoms with Gasteiger partial charge >= 0.3 is 6.09 Å². The lowest BCUT2D eigenvalue weighted by Gasteiger charge is -2.32. The van der Waals surface area contributed by atoms with Crippen LogP contribution in [0, 0.1) is 0 Å². The average molecular weight is 411 g/mol. The first-order valence-corrected chi connectivity index (χ1v) is 10.7. The van der Waals surface area contributed by atoms with Gasteiger partial charge in [0.2, 0.25) is 0 Å². The molecule has 3 rings (SSSR count). The van der Waals surface area contributed by atoms with Crippen molar-refractivity contribution in [2.45, 2.75) is 45.9 Å². The van der Waals surface area contributed by atoms with Gasteiger partial charge in [-0.2, -0.15) is 0 Å². The number of hydrogen-bond acceptors (Lipinski definition) is 5. The molecule has 0 bridgehead atoms. The van der Waals surface area contributed by atoms with Gasteiger partial charge in [0, 0.05) is 44.5 Å². The van der Waals surface area contributed by atoms with E-state index < -0.39 is 11.7 Å². The number of ether oxygens (including phenoxy) is 1. The Morgan fingerprint density at radius 1 is 1.13 bits per heavy atom. The number of pyridine rings is 1. The van der Waals surface area contributed by atoms with Crippen LogP contribution in [-0.2, 0) is 11.3 Å². The van der Waals surface area contributed by atoms with Crippen LogP contribution < -0.4 is 5.32 Å². The highest BCUT2D eigenvalue weighted by atomic mass is 16.6. The predicted molar refractivity (Wildman–Crippen MR) is 120 cm³/mol. The molecule has 0 aliphatic carbocycles. The van der Waals surface area contributed by atoms with Gasteiger partial charge in [0.05, 0.1) is 11.7 Å². The fourth-order valence-electron chi connectivity index (χ4n) is 3.50. The topological polar surface area (TPSA) is 57.7 Å². The maximum absolute atomic E-state index is 12.0. The fraction of sp³-hybridized carbons (Fsp3) is 0.500. The highest BCUT2D eigenvalue weighted by Gasteiger charge is 2.19. The van der Waals surface area contributed by atoms with Gasteiger partial charge in [-0.25, -0.2) is 4.79 Å². The van der Waals surface area contributed by atoms with Crippen molar-refractivity contribution >= 4 is 6.09 Å². The van der Waals surface area contributed by atoms with E-state index in [9.17, 15) is 4.79 Å². The number of carbonyl (C=O) groups excluding carboxylic acids is 1. The standard InChI is InChI=1S/C24H34N4O2/c1-18(26-23(29)30-24(2,3)4)22-10-9-21(16-25-22)20-8-6-7-19(15-20)17-28-13-11-27(5)12-14-28/h6-10,15-16,18H,11-14,17H2,1-5H3,(H,26,29)/t18-/m0/s1. The van der Waals surface area contributed by atoms with Crippen LogP contribution in [0.15, 0.2) is 42.6 Å². The number of nitrogens with one attached hydrogen (secondary N) is 1. The minimum Gasteiger partial charge on any atom is -0.444 e. The van der Waals surface area contributed by atoms with Crippen LogP contribution >= 0.6 is 0 Å². The number of rotatable bonds is 5. The first-order valence-electron chi connectivity index (χ1n) is 10.7. The molecule has 2 aromatic rings. The van der Waals surface area contributed by atoms with Crippen LogP contribution in [0.25, 0.3) is 11.1 Å². The molecule has 1 aliphatic rings. The van der Waals surface area contributed by atoms with Crippen molar-refractivity contribution in [2.24, 2.45) is 0 Å². The van der Waals surface area contributed by atoms with Crippen molar-refractivity contribution in [2.75, 3.05) is 33.2 Å². The number of piperazine rings is 1. The number of benzene rings is 1. The van der Waals surface area contributed by atoms with Crippen molar-refractivity contribution in [3.05, 3.63) is 53.9 Å². The van der Waals surface area contributed by atoms with E-state index in [0.717, 1.165) is 49.5 Å². The molecule has 0 unspecified atom stereocenters. The van der Waals surface area contributed by atoms with Crippen LogP contribution in [0.1, 0.15) is 45.0 Å². The van der Waals surface area contributed by atoms with Crippen LogP contribution in [0.5, 0.6) is 0 Å². The minimum atomic E-state index is -0.518. The molecule has 1 N–H and O–H groups in total. The Morgan fingerprint density at radius 3 is 2.50 bits per heavy atom. The lowest BCUT2D eigenvalue weighted by molar-refractivity contribution is 0.0507. The van der Waals surface area contributed by atoms with Gasteiger partial charge in [-0.3, -0.25) is 9.88 Å². The van der Waals surface area contributed by atoms with Gasteiger partial charge in [-0.15, -0.1) is 0 Å². The van der Waals surface area contributed by atoms with Crippen molar-refractivity contribution in [3.8, 4) is 11.1 Å². The van der Waals surface area contributed by atoms with E-state index in [-0.39, 0.29) is 6.04 Å². The molecule has 1 fully saturated rings. The first kappa shape index (κ1) is 22.2. The van der Waals surface area contributed by atoms with Gasteiger partial charge < -0.3 is 15.0 Å². The number of carbonyl (C=O) groups is 1. The maximum Gasteiger partial charge on any atom is 0.408 e. The van der Waals surface area contributed by atoms with Crippen LogP contribution in [-0.4, -0.2) is 59.7 Å². The van der Waals surface area contributed by atoms with E-state index in [1.807, 2.05) is 40.0 Å². The van der Waals surface area contributed by atoms with Crippen LogP contribution in [0.4, 0.5) is 4.79 Å². The molecule has 1 aromatic heterocycles. The molecule has 1 aromatic carbocycles. The summed E-state index contributed by atoms with van der Waals surface area (Å²) in [5.74, 6) is 0. The second-order valence-electron chi connectivity index (χ2n) is 9.12. The molecule has 6 heteroatoms. The van der Waals surface area contributed by atoms with E-state index in [0.29, 0.717) is 0 Å². The number of aromatic nitrogens is 1. The smallest absolute Gasteiger partial charge is 0.408 e. The second-order valence-corrected chi connectivity index (χ2v) is 9.12. The van der Waals surface area contributed by atoms with E-state index in [4.69, 9.17) is 4.74 Å². The van der Waals surface area contributed by atoms with Crippen LogP contribution in [0.3, 0.4) is 0 Å².